The first-order valence-electron chi connectivity index (χ1n) is 6.93. The molecule has 1 aromatic carbocycles. The number of hydrogen-bond acceptors (Lipinski definition) is 4. The van der Waals surface area contributed by atoms with Crippen molar-refractivity contribution in [2.24, 2.45) is 11.8 Å². The summed E-state index contributed by atoms with van der Waals surface area (Å²) in [6, 6.07) is 9.39. The van der Waals surface area contributed by atoms with Crippen LogP contribution >= 0.6 is 0 Å². The van der Waals surface area contributed by atoms with Crippen molar-refractivity contribution >= 4 is 11.9 Å². The lowest BCUT2D eigenvalue weighted by atomic mass is 9.85. The lowest BCUT2D eigenvalue weighted by Gasteiger charge is -2.34. The van der Waals surface area contributed by atoms with Crippen LogP contribution in [0.25, 0.3) is 0 Å². The number of aliphatic carboxylic acids is 2. The number of carbonyl (C=O) groups is 2. The molecule has 0 spiro atoms. The molecular weight excluding hydrogens is 274 g/mol. The van der Waals surface area contributed by atoms with Gasteiger partial charge in [-0.15, -0.1) is 0 Å². The van der Waals surface area contributed by atoms with Gasteiger partial charge in [-0.05, 0) is 25.1 Å². The Balaban J connectivity index is 1.82. The van der Waals surface area contributed by atoms with Crippen LogP contribution in [-0.2, 0) is 9.59 Å². The quantitative estimate of drug-likeness (QED) is 0.819. The minimum Gasteiger partial charge on any atom is -0.492 e. The van der Waals surface area contributed by atoms with E-state index in [4.69, 9.17) is 14.9 Å². The van der Waals surface area contributed by atoms with Crippen LogP contribution < -0.4 is 4.74 Å². The van der Waals surface area contributed by atoms with Crippen LogP contribution in [0.3, 0.4) is 0 Å². The number of rotatable bonds is 6. The predicted molar refractivity (Wildman–Crippen MR) is 75.2 cm³/mol. The molecular formula is C15H19NO5. The highest BCUT2D eigenvalue weighted by atomic mass is 16.5. The smallest absolute Gasteiger partial charge is 0.308 e. The molecule has 2 N–H and O–H groups in total. The maximum absolute atomic E-state index is 11.2. The number of hydrogen-bond donors (Lipinski definition) is 2. The molecule has 1 aromatic rings. The lowest BCUT2D eigenvalue weighted by molar-refractivity contribution is -0.157. The Morgan fingerprint density at radius 2 is 1.81 bits per heavy atom. The van der Waals surface area contributed by atoms with Gasteiger partial charge in [0.25, 0.3) is 0 Å². The van der Waals surface area contributed by atoms with Crippen LogP contribution in [0.5, 0.6) is 5.75 Å². The summed E-state index contributed by atoms with van der Waals surface area (Å²) in [5.41, 5.74) is 0. The third-order valence-electron chi connectivity index (χ3n) is 3.75. The van der Waals surface area contributed by atoms with Crippen molar-refractivity contribution in [2.75, 3.05) is 26.2 Å². The van der Waals surface area contributed by atoms with Gasteiger partial charge in [0, 0.05) is 13.1 Å². The first kappa shape index (κ1) is 15.3. The van der Waals surface area contributed by atoms with Crippen molar-refractivity contribution in [3.8, 4) is 5.75 Å². The van der Waals surface area contributed by atoms with E-state index in [0.717, 1.165) is 5.75 Å². The molecule has 0 radical (unpaired) electrons. The third kappa shape index (κ3) is 4.19. The van der Waals surface area contributed by atoms with E-state index >= 15 is 0 Å². The molecule has 1 aliphatic rings. The molecule has 0 bridgehead atoms. The van der Waals surface area contributed by atoms with E-state index in [1.807, 2.05) is 35.2 Å². The Labute approximate surface area is 122 Å². The van der Waals surface area contributed by atoms with Gasteiger partial charge in [0.05, 0.1) is 11.8 Å². The van der Waals surface area contributed by atoms with E-state index in [0.29, 0.717) is 26.1 Å². The Bertz CT molecular complexity index is 490. The highest BCUT2D eigenvalue weighted by molar-refractivity contribution is 5.80. The fourth-order valence-electron chi connectivity index (χ4n) is 2.58. The van der Waals surface area contributed by atoms with Crippen molar-refractivity contribution in [3.63, 3.8) is 0 Å². The Kier molecular flexibility index (Phi) is 5.16. The molecule has 6 nitrogen and oxygen atoms in total. The molecule has 2 unspecified atom stereocenters. The number of ether oxygens (including phenoxy) is 1. The van der Waals surface area contributed by atoms with E-state index in [1.54, 1.807) is 0 Å². The highest BCUT2D eigenvalue weighted by Gasteiger charge is 2.38. The molecule has 0 saturated carbocycles. The second-order valence-electron chi connectivity index (χ2n) is 5.14. The molecule has 21 heavy (non-hydrogen) atoms. The van der Waals surface area contributed by atoms with Gasteiger partial charge < -0.3 is 14.9 Å². The van der Waals surface area contributed by atoms with Crippen LogP contribution in [0, 0.1) is 11.8 Å². The zero-order chi connectivity index (χ0) is 15.2. The van der Waals surface area contributed by atoms with E-state index in [2.05, 4.69) is 0 Å². The summed E-state index contributed by atoms with van der Waals surface area (Å²) in [5.74, 6) is -2.95. The Hall–Kier alpha value is -2.08. The van der Waals surface area contributed by atoms with Crippen LogP contribution in [0.15, 0.2) is 30.3 Å². The number of carboxylic acid groups (broad SMARTS) is 2. The predicted octanol–water partition coefficient (Wildman–Crippen LogP) is 1.17. The molecule has 2 atom stereocenters. The molecule has 114 valence electrons. The standard InChI is InChI=1S/C15H19NO5/c17-14(18)12-6-7-16(10-13(12)15(19)20)8-9-21-11-4-2-1-3-5-11/h1-5,12-13H,6-10H2,(H,17,18)(H,19,20). The molecule has 1 heterocycles. The number of piperidine rings is 1. The molecule has 2 rings (SSSR count). The number of carboxylic acids is 2. The molecule has 0 aromatic heterocycles. The molecule has 0 aliphatic carbocycles. The minimum atomic E-state index is -1.05. The monoisotopic (exact) mass is 293 g/mol. The van der Waals surface area contributed by atoms with E-state index < -0.39 is 23.8 Å². The topological polar surface area (TPSA) is 87.1 Å². The average molecular weight is 293 g/mol. The first-order valence-corrected chi connectivity index (χ1v) is 6.93. The van der Waals surface area contributed by atoms with Gasteiger partial charge in [-0.25, -0.2) is 0 Å². The summed E-state index contributed by atoms with van der Waals surface area (Å²) in [5, 5.41) is 18.2. The molecule has 0 amide bonds. The van der Waals surface area contributed by atoms with Gasteiger partial charge in [-0.2, -0.15) is 0 Å². The SMILES string of the molecule is O=C(O)C1CCN(CCOc2ccccc2)CC1C(=O)O. The third-order valence-corrected chi connectivity index (χ3v) is 3.75. The number of para-hydroxylation sites is 1. The first-order chi connectivity index (χ1) is 10.1. The van der Waals surface area contributed by atoms with Gasteiger partial charge in [0.15, 0.2) is 0 Å². The molecule has 1 saturated heterocycles. The lowest BCUT2D eigenvalue weighted by Crippen LogP contribution is -2.47. The molecule has 1 aliphatic heterocycles. The van der Waals surface area contributed by atoms with E-state index in [-0.39, 0.29) is 6.54 Å². The summed E-state index contributed by atoms with van der Waals surface area (Å²) >= 11 is 0. The van der Waals surface area contributed by atoms with Crippen molar-refractivity contribution in [2.45, 2.75) is 6.42 Å². The molecule has 1 fully saturated rings. The van der Waals surface area contributed by atoms with Crippen molar-refractivity contribution in [1.82, 2.24) is 4.90 Å². The van der Waals surface area contributed by atoms with Gasteiger partial charge >= 0.3 is 11.9 Å². The fraction of sp³-hybridized carbons (Fsp3) is 0.467. The zero-order valence-electron chi connectivity index (χ0n) is 11.6. The highest BCUT2D eigenvalue weighted by Crippen LogP contribution is 2.24. The summed E-state index contributed by atoms with van der Waals surface area (Å²) in [6.45, 7) is 1.88. The van der Waals surface area contributed by atoms with Crippen LogP contribution in [0.4, 0.5) is 0 Å². The number of benzene rings is 1. The van der Waals surface area contributed by atoms with E-state index in [9.17, 15) is 9.59 Å². The van der Waals surface area contributed by atoms with Crippen molar-refractivity contribution < 1.29 is 24.5 Å². The Morgan fingerprint density at radius 1 is 1.14 bits per heavy atom. The van der Waals surface area contributed by atoms with Gasteiger partial charge in [-0.3, -0.25) is 14.5 Å². The summed E-state index contributed by atoms with van der Waals surface area (Å²) in [7, 11) is 0. The number of nitrogens with zero attached hydrogens (tertiary/aromatic N) is 1. The maximum Gasteiger partial charge on any atom is 0.308 e. The zero-order valence-corrected chi connectivity index (χ0v) is 11.6. The maximum atomic E-state index is 11.2. The minimum absolute atomic E-state index is 0.254. The summed E-state index contributed by atoms with van der Waals surface area (Å²) in [4.78, 5) is 24.2. The summed E-state index contributed by atoms with van der Waals surface area (Å²) < 4.78 is 5.57. The largest absolute Gasteiger partial charge is 0.492 e. The van der Waals surface area contributed by atoms with Crippen LogP contribution in [0.2, 0.25) is 0 Å². The normalized spacial score (nSPS) is 22.7. The average Bonchev–Trinajstić information content (AvgIpc) is 2.48. The van der Waals surface area contributed by atoms with Crippen molar-refractivity contribution in [3.05, 3.63) is 30.3 Å². The van der Waals surface area contributed by atoms with Crippen molar-refractivity contribution in [1.29, 1.82) is 0 Å². The van der Waals surface area contributed by atoms with Crippen LogP contribution in [0.1, 0.15) is 6.42 Å². The number of likely N-dealkylation sites (tertiary alicyclic amines) is 1. The second kappa shape index (κ2) is 7.08. The fourth-order valence-corrected chi connectivity index (χ4v) is 2.58. The Morgan fingerprint density at radius 3 is 2.43 bits per heavy atom. The molecule has 6 heteroatoms. The van der Waals surface area contributed by atoms with E-state index in [1.165, 1.54) is 0 Å². The van der Waals surface area contributed by atoms with Gasteiger partial charge in [0.2, 0.25) is 0 Å². The summed E-state index contributed by atoms with van der Waals surface area (Å²) in [6.07, 6.45) is 0.359. The van der Waals surface area contributed by atoms with Crippen LogP contribution in [-0.4, -0.2) is 53.3 Å². The van der Waals surface area contributed by atoms with Gasteiger partial charge in [0.1, 0.15) is 12.4 Å². The van der Waals surface area contributed by atoms with Gasteiger partial charge in [-0.1, -0.05) is 18.2 Å². The second-order valence-corrected chi connectivity index (χ2v) is 5.14.